The number of halogens is 1. The SMILES string of the molecule is CC(CC(=O)O)CS(=O)(=O)c1ccc(F)cc1. The number of carbonyl (C=O) groups is 1. The van der Waals surface area contributed by atoms with Crippen LogP contribution in [0.4, 0.5) is 4.39 Å². The molecule has 0 saturated carbocycles. The predicted molar refractivity (Wildman–Crippen MR) is 59.9 cm³/mol. The quantitative estimate of drug-likeness (QED) is 0.818. The third-order valence-electron chi connectivity index (χ3n) is 2.20. The van der Waals surface area contributed by atoms with E-state index in [1.807, 2.05) is 0 Å². The molecule has 0 aliphatic carbocycles. The van der Waals surface area contributed by atoms with E-state index in [9.17, 15) is 17.6 Å². The van der Waals surface area contributed by atoms with Crippen LogP contribution in [0.1, 0.15) is 13.3 Å². The number of sulfone groups is 1. The monoisotopic (exact) mass is 260 g/mol. The van der Waals surface area contributed by atoms with Crippen molar-refractivity contribution >= 4 is 15.8 Å². The lowest BCUT2D eigenvalue weighted by Gasteiger charge is -2.09. The highest BCUT2D eigenvalue weighted by molar-refractivity contribution is 7.91. The van der Waals surface area contributed by atoms with Crippen LogP contribution < -0.4 is 0 Å². The van der Waals surface area contributed by atoms with Crippen LogP contribution in [0.25, 0.3) is 0 Å². The molecule has 0 heterocycles. The van der Waals surface area contributed by atoms with Gasteiger partial charge in [0.25, 0.3) is 0 Å². The molecule has 1 N–H and O–H groups in total. The van der Waals surface area contributed by atoms with E-state index < -0.39 is 27.5 Å². The van der Waals surface area contributed by atoms with Gasteiger partial charge in [0.15, 0.2) is 9.84 Å². The highest BCUT2D eigenvalue weighted by atomic mass is 32.2. The molecule has 1 aromatic carbocycles. The summed E-state index contributed by atoms with van der Waals surface area (Å²) in [4.78, 5) is 10.4. The molecule has 1 aromatic rings. The fraction of sp³-hybridized carbons (Fsp3) is 0.364. The maximum absolute atomic E-state index is 12.6. The van der Waals surface area contributed by atoms with Gasteiger partial charge in [-0.15, -0.1) is 0 Å². The number of carboxylic acid groups (broad SMARTS) is 1. The van der Waals surface area contributed by atoms with E-state index >= 15 is 0 Å². The topological polar surface area (TPSA) is 71.4 Å². The van der Waals surface area contributed by atoms with E-state index in [0.717, 1.165) is 12.1 Å². The Kier molecular flexibility index (Phi) is 4.22. The van der Waals surface area contributed by atoms with Crippen LogP contribution >= 0.6 is 0 Å². The summed E-state index contributed by atoms with van der Waals surface area (Å²) in [5.74, 6) is -2.29. The van der Waals surface area contributed by atoms with Crippen LogP contribution in [-0.4, -0.2) is 25.2 Å². The Morgan fingerprint density at radius 1 is 1.35 bits per heavy atom. The van der Waals surface area contributed by atoms with Gasteiger partial charge < -0.3 is 5.11 Å². The summed E-state index contributed by atoms with van der Waals surface area (Å²) in [6.07, 6.45) is -0.208. The smallest absolute Gasteiger partial charge is 0.303 e. The second kappa shape index (κ2) is 5.27. The zero-order valence-corrected chi connectivity index (χ0v) is 10.1. The van der Waals surface area contributed by atoms with Crippen molar-refractivity contribution in [1.29, 1.82) is 0 Å². The first-order chi connectivity index (χ1) is 7.81. The Bertz CT molecular complexity index is 493. The molecule has 0 aliphatic heterocycles. The fourth-order valence-electron chi connectivity index (χ4n) is 1.47. The standard InChI is InChI=1S/C11H13FO4S/c1-8(6-11(13)14)7-17(15,16)10-4-2-9(12)3-5-10/h2-5,8H,6-7H2,1H3,(H,13,14). The van der Waals surface area contributed by atoms with Crippen LogP contribution in [-0.2, 0) is 14.6 Å². The molecular formula is C11H13FO4S. The summed E-state index contributed by atoms with van der Waals surface area (Å²) < 4.78 is 36.3. The highest BCUT2D eigenvalue weighted by Crippen LogP contribution is 2.16. The van der Waals surface area contributed by atoms with Gasteiger partial charge in [-0.25, -0.2) is 12.8 Å². The van der Waals surface area contributed by atoms with Gasteiger partial charge in [-0.1, -0.05) is 6.92 Å². The van der Waals surface area contributed by atoms with Crippen LogP contribution in [0.15, 0.2) is 29.2 Å². The normalized spacial score (nSPS) is 13.3. The van der Waals surface area contributed by atoms with Crippen LogP contribution in [0.3, 0.4) is 0 Å². The van der Waals surface area contributed by atoms with Gasteiger partial charge in [0.05, 0.1) is 10.6 Å². The molecular weight excluding hydrogens is 247 g/mol. The molecule has 1 rings (SSSR count). The van der Waals surface area contributed by atoms with Crippen molar-refractivity contribution < 1.29 is 22.7 Å². The molecule has 94 valence electrons. The first kappa shape index (κ1) is 13.6. The minimum atomic E-state index is -3.55. The molecule has 0 bridgehead atoms. The molecule has 0 aliphatic rings. The van der Waals surface area contributed by atoms with Gasteiger partial charge in [0, 0.05) is 6.42 Å². The number of rotatable bonds is 5. The zero-order chi connectivity index (χ0) is 13.1. The Labute approximate surface area is 99.0 Å². The van der Waals surface area contributed by atoms with E-state index in [2.05, 4.69) is 0 Å². The Balaban J connectivity index is 2.82. The van der Waals surface area contributed by atoms with E-state index in [4.69, 9.17) is 5.11 Å². The minimum Gasteiger partial charge on any atom is -0.481 e. The molecule has 6 heteroatoms. The summed E-state index contributed by atoms with van der Waals surface area (Å²) in [7, 11) is -3.55. The van der Waals surface area contributed by atoms with Crippen molar-refractivity contribution in [3.8, 4) is 0 Å². The summed E-state index contributed by atoms with van der Waals surface area (Å²) in [6.45, 7) is 1.55. The number of benzene rings is 1. The van der Waals surface area contributed by atoms with Crippen molar-refractivity contribution in [2.45, 2.75) is 18.2 Å². The summed E-state index contributed by atoms with van der Waals surface area (Å²) >= 11 is 0. The fourth-order valence-corrected chi connectivity index (χ4v) is 3.08. The largest absolute Gasteiger partial charge is 0.481 e. The number of aliphatic carboxylic acids is 1. The first-order valence-corrected chi connectivity index (χ1v) is 6.66. The number of carboxylic acids is 1. The predicted octanol–water partition coefficient (Wildman–Crippen LogP) is 1.71. The molecule has 1 unspecified atom stereocenters. The molecule has 4 nitrogen and oxygen atoms in total. The third kappa shape index (κ3) is 4.14. The maximum atomic E-state index is 12.6. The van der Waals surface area contributed by atoms with E-state index in [0.29, 0.717) is 0 Å². The lowest BCUT2D eigenvalue weighted by atomic mass is 10.1. The molecule has 0 aromatic heterocycles. The van der Waals surface area contributed by atoms with E-state index in [1.54, 1.807) is 6.92 Å². The van der Waals surface area contributed by atoms with Gasteiger partial charge in [0.1, 0.15) is 5.82 Å². The molecule has 0 amide bonds. The average molecular weight is 260 g/mol. The first-order valence-electron chi connectivity index (χ1n) is 5.01. The van der Waals surface area contributed by atoms with Crippen molar-refractivity contribution in [2.24, 2.45) is 5.92 Å². The van der Waals surface area contributed by atoms with Crippen LogP contribution in [0.5, 0.6) is 0 Å². The lowest BCUT2D eigenvalue weighted by molar-refractivity contribution is -0.137. The van der Waals surface area contributed by atoms with Crippen LogP contribution in [0, 0.1) is 11.7 Å². The maximum Gasteiger partial charge on any atom is 0.303 e. The summed E-state index contributed by atoms with van der Waals surface area (Å²) in [6, 6.07) is 4.49. The Morgan fingerprint density at radius 3 is 2.35 bits per heavy atom. The van der Waals surface area contributed by atoms with Gasteiger partial charge in [-0.05, 0) is 30.2 Å². The van der Waals surface area contributed by atoms with Crippen molar-refractivity contribution in [1.82, 2.24) is 0 Å². The zero-order valence-electron chi connectivity index (χ0n) is 9.26. The third-order valence-corrected chi connectivity index (χ3v) is 4.20. The highest BCUT2D eigenvalue weighted by Gasteiger charge is 2.20. The summed E-state index contributed by atoms with van der Waals surface area (Å²) in [5.41, 5.74) is 0. The van der Waals surface area contributed by atoms with Crippen molar-refractivity contribution in [3.05, 3.63) is 30.1 Å². The molecule has 0 radical (unpaired) electrons. The average Bonchev–Trinajstić information content (AvgIpc) is 2.15. The number of hydrogen-bond acceptors (Lipinski definition) is 3. The number of hydrogen-bond donors (Lipinski definition) is 1. The van der Waals surface area contributed by atoms with Gasteiger partial charge in [0.2, 0.25) is 0 Å². The van der Waals surface area contributed by atoms with Gasteiger partial charge in [-0.2, -0.15) is 0 Å². The molecule has 0 fully saturated rings. The lowest BCUT2D eigenvalue weighted by Crippen LogP contribution is -2.17. The Morgan fingerprint density at radius 2 is 1.88 bits per heavy atom. The summed E-state index contributed by atoms with van der Waals surface area (Å²) in [5, 5.41) is 8.54. The van der Waals surface area contributed by atoms with E-state index in [-0.39, 0.29) is 17.1 Å². The second-order valence-corrected chi connectivity index (χ2v) is 5.97. The molecule has 17 heavy (non-hydrogen) atoms. The molecule has 0 saturated heterocycles. The second-order valence-electron chi connectivity index (χ2n) is 3.94. The van der Waals surface area contributed by atoms with Crippen LogP contribution in [0.2, 0.25) is 0 Å². The van der Waals surface area contributed by atoms with Gasteiger partial charge in [-0.3, -0.25) is 4.79 Å². The molecule has 1 atom stereocenters. The van der Waals surface area contributed by atoms with Crippen molar-refractivity contribution in [3.63, 3.8) is 0 Å². The van der Waals surface area contributed by atoms with Gasteiger partial charge >= 0.3 is 5.97 Å². The minimum absolute atomic E-state index is 0.0103. The van der Waals surface area contributed by atoms with Crippen molar-refractivity contribution in [2.75, 3.05) is 5.75 Å². The van der Waals surface area contributed by atoms with E-state index in [1.165, 1.54) is 12.1 Å². The molecule has 0 spiro atoms. The Hall–Kier alpha value is -1.43.